The highest BCUT2D eigenvalue weighted by Crippen LogP contribution is 2.66. The second-order valence-electron chi connectivity index (χ2n) is 13.2. The topological polar surface area (TPSA) is 55.8 Å². The number of unbranched alkanes of at least 4 members (excludes halogenated alkanes) is 1. The largest absolute Gasteiger partial charge is 0.469 e. The summed E-state index contributed by atoms with van der Waals surface area (Å²) in [6, 6.07) is 0. The molecule has 4 nitrogen and oxygen atoms in total. The summed E-state index contributed by atoms with van der Waals surface area (Å²) in [4.78, 5) is 11.5. The number of rotatable bonds is 8. The third kappa shape index (κ3) is 4.40. The highest BCUT2D eigenvalue weighted by atomic mass is 16.5. The quantitative estimate of drug-likeness (QED) is 0.246. The van der Waals surface area contributed by atoms with Crippen molar-refractivity contribution in [1.29, 1.82) is 0 Å². The monoisotopic (exact) mass is 472 g/mol. The van der Waals surface area contributed by atoms with E-state index in [1.54, 1.807) is 5.57 Å². The van der Waals surface area contributed by atoms with E-state index in [9.17, 15) is 9.90 Å². The van der Waals surface area contributed by atoms with E-state index >= 15 is 0 Å². The molecule has 0 aliphatic heterocycles. The minimum absolute atomic E-state index is 0.0620. The van der Waals surface area contributed by atoms with Crippen LogP contribution in [0.15, 0.2) is 11.6 Å². The van der Waals surface area contributed by atoms with Gasteiger partial charge >= 0.3 is 5.97 Å². The van der Waals surface area contributed by atoms with Crippen molar-refractivity contribution in [1.82, 2.24) is 0 Å². The van der Waals surface area contributed by atoms with Crippen LogP contribution in [0.25, 0.3) is 0 Å². The van der Waals surface area contributed by atoms with Crippen LogP contribution in [0.3, 0.4) is 0 Å². The molecule has 1 N–H and O–H groups in total. The van der Waals surface area contributed by atoms with Crippen LogP contribution in [0, 0.1) is 34.5 Å². The number of hydrogen-bond acceptors (Lipinski definition) is 4. The van der Waals surface area contributed by atoms with Gasteiger partial charge in [0.15, 0.2) is 0 Å². The first-order valence-electron chi connectivity index (χ1n) is 14.4. The Balaban J connectivity index is 1.20. The number of allylic oxidation sites excluding steroid dienone is 1. The summed E-state index contributed by atoms with van der Waals surface area (Å²) >= 11 is 0. The van der Waals surface area contributed by atoms with Crippen LogP contribution < -0.4 is 0 Å². The highest BCUT2D eigenvalue weighted by molar-refractivity contribution is 5.68. The average Bonchev–Trinajstić information content (AvgIpc) is 3.15. The second-order valence-corrected chi connectivity index (χ2v) is 13.2. The number of carbonyl (C=O) groups is 1. The lowest BCUT2D eigenvalue weighted by atomic mass is 9.47. The van der Waals surface area contributed by atoms with Gasteiger partial charge in [-0.15, -0.1) is 0 Å². The number of aliphatic hydroxyl groups is 1. The Kier molecular flexibility index (Phi) is 6.96. The zero-order chi connectivity index (χ0) is 24.0. The van der Waals surface area contributed by atoms with E-state index in [1.807, 2.05) is 0 Å². The SMILES string of the molecule is COC(=O)CCCCC1CCC2C3CC=C4CC(OCC5(O)CCC5)CCC4(C)C3CCC12C. The van der Waals surface area contributed by atoms with Crippen molar-refractivity contribution in [2.24, 2.45) is 34.5 Å². The Bertz CT molecular complexity index is 785. The molecule has 0 aromatic heterocycles. The van der Waals surface area contributed by atoms with Gasteiger partial charge in [0, 0.05) is 6.42 Å². The molecule has 0 aromatic rings. The zero-order valence-corrected chi connectivity index (χ0v) is 21.9. The fourth-order valence-electron chi connectivity index (χ4n) is 9.12. The van der Waals surface area contributed by atoms with Crippen molar-refractivity contribution in [3.63, 3.8) is 0 Å². The summed E-state index contributed by atoms with van der Waals surface area (Å²) in [5, 5.41) is 10.5. The third-order valence-corrected chi connectivity index (χ3v) is 11.5. The maximum atomic E-state index is 11.5. The predicted molar refractivity (Wildman–Crippen MR) is 134 cm³/mol. The summed E-state index contributed by atoms with van der Waals surface area (Å²) in [7, 11) is 1.49. The summed E-state index contributed by atoms with van der Waals surface area (Å²) in [5.74, 6) is 3.32. The van der Waals surface area contributed by atoms with Crippen LogP contribution in [0.2, 0.25) is 0 Å². The van der Waals surface area contributed by atoms with Gasteiger partial charge in [-0.1, -0.05) is 31.9 Å². The van der Waals surface area contributed by atoms with Crippen molar-refractivity contribution in [3.05, 3.63) is 11.6 Å². The first-order valence-corrected chi connectivity index (χ1v) is 14.4. The van der Waals surface area contributed by atoms with Gasteiger partial charge in [0.05, 0.1) is 25.4 Å². The van der Waals surface area contributed by atoms with E-state index in [1.165, 1.54) is 52.1 Å². The number of carbonyl (C=O) groups excluding carboxylic acids is 1. The molecule has 0 bridgehead atoms. The van der Waals surface area contributed by atoms with Crippen molar-refractivity contribution in [3.8, 4) is 0 Å². The molecule has 5 aliphatic rings. The van der Waals surface area contributed by atoms with E-state index in [0.29, 0.717) is 30.0 Å². The van der Waals surface area contributed by atoms with Crippen molar-refractivity contribution in [2.45, 2.75) is 122 Å². The molecule has 0 heterocycles. The summed E-state index contributed by atoms with van der Waals surface area (Å²) < 4.78 is 11.1. The lowest BCUT2D eigenvalue weighted by Crippen LogP contribution is -2.51. The molecule has 0 amide bonds. The fourth-order valence-corrected chi connectivity index (χ4v) is 9.12. The average molecular weight is 473 g/mol. The van der Waals surface area contributed by atoms with Gasteiger partial charge < -0.3 is 14.6 Å². The lowest BCUT2D eigenvalue weighted by Gasteiger charge is -2.58. The fraction of sp³-hybridized carbons (Fsp3) is 0.900. The molecular formula is C30H48O4. The summed E-state index contributed by atoms with van der Waals surface area (Å²) in [6.07, 6.45) is 20.2. The van der Waals surface area contributed by atoms with Crippen LogP contribution >= 0.6 is 0 Å². The Morgan fingerprint density at radius 1 is 1.06 bits per heavy atom. The lowest BCUT2D eigenvalue weighted by molar-refractivity contribution is -0.140. The van der Waals surface area contributed by atoms with E-state index in [4.69, 9.17) is 9.47 Å². The van der Waals surface area contributed by atoms with Gasteiger partial charge in [-0.05, 0) is 118 Å². The van der Waals surface area contributed by atoms with Crippen LogP contribution in [-0.4, -0.2) is 36.5 Å². The van der Waals surface area contributed by atoms with Gasteiger partial charge in [-0.3, -0.25) is 4.79 Å². The molecule has 7 unspecified atom stereocenters. The van der Waals surface area contributed by atoms with Crippen molar-refractivity contribution < 1.29 is 19.4 Å². The molecule has 192 valence electrons. The minimum atomic E-state index is -0.529. The number of hydrogen-bond donors (Lipinski definition) is 1. The smallest absolute Gasteiger partial charge is 0.305 e. The van der Waals surface area contributed by atoms with E-state index in [0.717, 1.165) is 68.6 Å². The van der Waals surface area contributed by atoms with E-state index in [-0.39, 0.29) is 5.97 Å². The zero-order valence-electron chi connectivity index (χ0n) is 21.9. The molecule has 34 heavy (non-hydrogen) atoms. The molecule has 0 aromatic carbocycles. The highest BCUT2D eigenvalue weighted by Gasteiger charge is 2.58. The molecule has 5 aliphatic carbocycles. The van der Waals surface area contributed by atoms with E-state index in [2.05, 4.69) is 19.9 Å². The summed E-state index contributed by atoms with van der Waals surface area (Å²) in [5.41, 5.74) is 1.99. The molecule has 4 heteroatoms. The molecule has 4 saturated carbocycles. The van der Waals surface area contributed by atoms with Crippen LogP contribution in [0.4, 0.5) is 0 Å². The number of ether oxygens (including phenoxy) is 2. The van der Waals surface area contributed by atoms with Gasteiger partial charge in [0.25, 0.3) is 0 Å². The Hall–Kier alpha value is -0.870. The molecule has 0 saturated heterocycles. The Morgan fingerprint density at radius 2 is 1.88 bits per heavy atom. The third-order valence-electron chi connectivity index (χ3n) is 11.5. The van der Waals surface area contributed by atoms with Crippen LogP contribution in [0.1, 0.15) is 110 Å². The van der Waals surface area contributed by atoms with Crippen LogP contribution in [-0.2, 0) is 14.3 Å². The van der Waals surface area contributed by atoms with Gasteiger partial charge in [0.1, 0.15) is 0 Å². The first-order chi connectivity index (χ1) is 16.3. The second kappa shape index (κ2) is 9.54. The maximum Gasteiger partial charge on any atom is 0.305 e. The molecule has 7 atom stereocenters. The van der Waals surface area contributed by atoms with E-state index < -0.39 is 5.60 Å². The Labute approximate surface area is 207 Å². The summed E-state index contributed by atoms with van der Waals surface area (Å²) in [6.45, 7) is 5.73. The molecule has 5 rings (SSSR count). The maximum absolute atomic E-state index is 11.5. The van der Waals surface area contributed by atoms with Crippen molar-refractivity contribution in [2.75, 3.05) is 13.7 Å². The normalized spacial score (nSPS) is 42.6. The van der Waals surface area contributed by atoms with Gasteiger partial charge in [-0.2, -0.15) is 0 Å². The minimum Gasteiger partial charge on any atom is -0.469 e. The number of fused-ring (bicyclic) bond motifs is 5. The first kappa shape index (κ1) is 24.8. The van der Waals surface area contributed by atoms with Crippen molar-refractivity contribution >= 4 is 5.97 Å². The standard InChI is InChI=1S/C30H48O4/c1-28-18-14-26-24(25(28)12-10-21(28)7-4-5-8-27(31)33-3)11-9-22-19-23(13-17-29(22,26)2)34-20-30(32)15-6-16-30/h9,21,23-26,32H,4-8,10-20H2,1-3H3. The molecule has 4 fully saturated rings. The molecular weight excluding hydrogens is 424 g/mol. The van der Waals surface area contributed by atoms with Crippen LogP contribution in [0.5, 0.6) is 0 Å². The van der Waals surface area contributed by atoms with Gasteiger partial charge in [-0.25, -0.2) is 0 Å². The number of methoxy groups -OCH3 is 1. The molecule has 0 spiro atoms. The predicted octanol–water partition coefficient (Wildman–Crippen LogP) is 6.60. The number of esters is 1. The van der Waals surface area contributed by atoms with Gasteiger partial charge in [0.2, 0.25) is 0 Å². The Morgan fingerprint density at radius 3 is 2.62 bits per heavy atom. The molecule has 0 radical (unpaired) electrons.